The van der Waals surface area contributed by atoms with Gasteiger partial charge in [-0.05, 0) is 37.2 Å². The van der Waals surface area contributed by atoms with Crippen molar-refractivity contribution in [3.05, 3.63) is 18.2 Å². The summed E-state index contributed by atoms with van der Waals surface area (Å²) in [5.74, 6) is 6.75. The maximum atomic E-state index is 10.5. The zero-order valence-electron chi connectivity index (χ0n) is 13.5. The lowest BCUT2D eigenvalue weighted by molar-refractivity contribution is -0.131. The van der Waals surface area contributed by atoms with E-state index >= 15 is 0 Å². The summed E-state index contributed by atoms with van der Waals surface area (Å²) in [4.78, 5) is 12.8. The molecule has 0 fully saturated rings. The molecule has 0 aromatic heterocycles. The van der Waals surface area contributed by atoms with Crippen LogP contribution in [0.15, 0.2) is 18.2 Å². The van der Waals surface area contributed by atoms with Gasteiger partial charge in [-0.2, -0.15) is 0 Å². The number of carbonyl (C=O) groups is 1. The van der Waals surface area contributed by atoms with Crippen LogP contribution in [0, 0.1) is 11.8 Å². The number of esters is 1. The Balaban J connectivity index is 0.000000210. The van der Waals surface area contributed by atoms with Crippen molar-refractivity contribution in [2.75, 3.05) is 19.6 Å². The molecule has 0 saturated heterocycles. The van der Waals surface area contributed by atoms with E-state index in [-0.39, 0.29) is 5.97 Å². The van der Waals surface area contributed by atoms with E-state index in [2.05, 4.69) is 37.5 Å². The first-order valence-electron chi connectivity index (χ1n) is 7.63. The summed E-state index contributed by atoms with van der Waals surface area (Å²) in [6.45, 7) is 11.1. The van der Waals surface area contributed by atoms with Crippen molar-refractivity contribution >= 4 is 5.97 Å². The van der Waals surface area contributed by atoms with Crippen molar-refractivity contribution in [1.82, 2.24) is 4.90 Å². The first kappa shape index (κ1) is 17.3. The van der Waals surface area contributed by atoms with Crippen LogP contribution in [-0.2, 0) is 4.79 Å². The largest absolute Gasteiger partial charge is 0.426 e. The molecule has 2 aliphatic carbocycles. The van der Waals surface area contributed by atoms with Crippen LogP contribution in [0.2, 0.25) is 0 Å². The zero-order valence-corrected chi connectivity index (χ0v) is 13.5. The number of unbranched alkanes of at least 4 members (excludes halogenated alkanes) is 1. The fourth-order valence-corrected chi connectivity index (χ4v) is 1.80. The van der Waals surface area contributed by atoms with Gasteiger partial charge in [0, 0.05) is 18.9 Å². The van der Waals surface area contributed by atoms with Gasteiger partial charge in [0.2, 0.25) is 0 Å². The Morgan fingerprint density at radius 1 is 1.19 bits per heavy atom. The van der Waals surface area contributed by atoms with Crippen molar-refractivity contribution in [3.63, 3.8) is 0 Å². The fraction of sp³-hybridized carbons (Fsp3) is 0.500. The lowest BCUT2D eigenvalue weighted by Crippen LogP contribution is -2.22. The minimum atomic E-state index is -0.256. The van der Waals surface area contributed by atoms with Gasteiger partial charge in [-0.15, -0.1) is 5.92 Å². The van der Waals surface area contributed by atoms with Gasteiger partial charge in [-0.3, -0.25) is 9.69 Å². The van der Waals surface area contributed by atoms with Crippen LogP contribution in [0.4, 0.5) is 0 Å². The number of carbonyl (C=O) groups excluding carboxylic acids is 1. The van der Waals surface area contributed by atoms with Crippen LogP contribution in [0.1, 0.15) is 40.5 Å². The van der Waals surface area contributed by atoms with Crippen LogP contribution >= 0.6 is 0 Å². The monoisotopic (exact) mass is 287 g/mol. The van der Waals surface area contributed by atoms with E-state index in [9.17, 15) is 4.79 Å². The Labute approximate surface area is 128 Å². The van der Waals surface area contributed by atoms with E-state index in [1.54, 1.807) is 0 Å². The number of hydrogen-bond donors (Lipinski definition) is 0. The molecule has 0 aliphatic heterocycles. The molecule has 0 N–H and O–H groups in total. The van der Waals surface area contributed by atoms with Crippen LogP contribution in [0.3, 0.4) is 0 Å². The van der Waals surface area contributed by atoms with Gasteiger partial charge in [-0.25, -0.2) is 0 Å². The summed E-state index contributed by atoms with van der Waals surface area (Å²) in [6, 6.07) is 5.73. The van der Waals surface area contributed by atoms with Gasteiger partial charge in [-0.1, -0.05) is 32.8 Å². The molecule has 0 unspecified atom stereocenters. The van der Waals surface area contributed by atoms with Crippen molar-refractivity contribution in [1.29, 1.82) is 0 Å². The molecule has 0 bridgehead atoms. The molecule has 0 aromatic carbocycles. The molecule has 0 aromatic rings. The van der Waals surface area contributed by atoms with Gasteiger partial charge in [0.1, 0.15) is 5.75 Å². The molecule has 0 spiro atoms. The summed E-state index contributed by atoms with van der Waals surface area (Å²) >= 11 is 0. The number of hydrogen-bond acceptors (Lipinski definition) is 3. The molecule has 0 radical (unpaired) electrons. The predicted octanol–water partition coefficient (Wildman–Crippen LogP) is 3.72. The van der Waals surface area contributed by atoms with Gasteiger partial charge in [0.25, 0.3) is 0 Å². The molecule has 0 saturated carbocycles. The minimum absolute atomic E-state index is 0.256. The molecule has 0 amide bonds. The molecular formula is C18H25NO2. The van der Waals surface area contributed by atoms with E-state index in [1.807, 2.05) is 18.2 Å². The van der Waals surface area contributed by atoms with Crippen LogP contribution in [0.5, 0.6) is 5.75 Å². The highest BCUT2D eigenvalue weighted by Gasteiger charge is 2.19. The van der Waals surface area contributed by atoms with Gasteiger partial charge < -0.3 is 4.74 Å². The Morgan fingerprint density at radius 3 is 2.33 bits per heavy atom. The molecule has 3 heteroatoms. The first-order chi connectivity index (χ1) is 10.1. The van der Waals surface area contributed by atoms with E-state index in [4.69, 9.17) is 4.74 Å². The molecule has 0 heterocycles. The Morgan fingerprint density at radius 2 is 1.90 bits per heavy atom. The molecule has 0 atom stereocenters. The maximum Gasteiger partial charge on any atom is 0.308 e. The molecule has 21 heavy (non-hydrogen) atoms. The lowest BCUT2D eigenvalue weighted by atomic mass is 10.3. The molecule has 114 valence electrons. The summed E-state index contributed by atoms with van der Waals surface area (Å²) in [5.41, 5.74) is 2.27. The number of fused-ring (bicyclic) bond motifs is 1. The highest BCUT2D eigenvalue weighted by atomic mass is 16.5. The van der Waals surface area contributed by atoms with Crippen molar-refractivity contribution in [3.8, 4) is 28.7 Å². The van der Waals surface area contributed by atoms with E-state index < -0.39 is 0 Å². The number of ether oxygens (including phenoxy) is 1. The quantitative estimate of drug-likeness (QED) is 0.477. The van der Waals surface area contributed by atoms with E-state index in [0.717, 1.165) is 31.6 Å². The third-order valence-corrected chi connectivity index (χ3v) is 3.16. The number of nitrogens with zero attached hydrogens (tertiary/aromatic N) is 1. The van der Waals surface area contributed by atoms with E-state index in [1.165, 1.54) is 18.9 Å². The van der Waals surface area contributed by atoms with E-state index in [0.29, 0.717) is 5.75 Å². The third kappa shape index (κ3) is 6.46. The second kappa shape index (κ2) is 9.20. The first-order valence-corrected chi connectivity index (χ1v) is 7.63. The summed E-state index contributed by atoms with van der Waals surface area (Å²) < 4.78 is 4.87. The summed E-state index contributed by atoms with van der Waals surface area (Å²) in [7, 11) is 0. The fourth-order valence-electron chi connectivity index (χ4n) is 1.80. The van der Waals surface area contributed by atoms with Gasteiger partial charge >= 0.3 is 5.97 Å². The Bertz CT molecular complexity index is 522. The predicted molar refractivity (Wildman–Crippen MR) is 87.2 cm³/mol. The topological polar surface area (TPSA) is 29.5 Å². The van der Waals surface area contributed by atoms with Crippen molar-refractivity contribution in [2.45, 2.75) is 40.5 Å². The van der Waals surface area contributed by atoms with Crippen molar-refractivity contribution < 1.29 is 9.53 Å². The smallest absolute Gasteiger partial charge is 0.308 e. The average Bonchev–Trinajstić information content (AvgIpc) is 3.15. The van der Waals surface area contributed by atoms with Crippen LogP contribution in [-0.4, -0.2) is 30.5 Å². The second-order valence-corrected chi connectivity index (χ2v) is 4.87. The molecule has 2 rings (SSSR count). The average molecular weight is 287 g/mol. The lowest BCUT2D eigenvalue weighted by Gasteiger charge is -2.13. The third-order valence-electron chi connectivity index (χ3n) is 3.16. The molecular weight excluding hydrogens is 262 g/mol. The molecule has 2 aliphatic rings. The Hall–Kier alpha value is -1.79. The van der Waals surface area contributed by atoms with Crippen LogP contribution < -0.4 is 4.74 Å². The number of benzene rings is 1. The van der Waals surface area contributed by atoms with Gasteiger partial charge in [0.15, 0.2) is 0 Å². The highest BCUT2D eigenvalue weighted by molar-refractivity contribution is 5.89. The van der Waals surface area contributed by atoms with Crippen molar-refractivity contribution in [2.24, 2.45) is 0 Å². The van der Waals surface area contributed by atoms with Gasteiger partial charge in [0.05, 0.1) is 6.54 Å². The summed E-state index contributed by atoms with van der Waals surface area (Å²) in [5, 5.41) is 0. The van der Waals surface area contributed by atoms with Crippen LogP contribution in [0.25, 0.3) is 11.1 Å². The second-order valence-electron chi connectivity index (χ2n) is 4.87. The highest BCUT2D eigenvalue weighted by Crippen LogP contribution is 2.43. The minimum Gasteiger partial charge on any atom is -0.426 e. The normalized spacial score (nSPS) is 10.1. The zero-order chi connectivity index (χ0) is 15.7. The summed E-state index contributed by atoms with van der Waals surface area (Å²) in [6.07, 6.45) is 2.21. The molecule has 3 nitrogen and oxygen atoms in total. The standard InChI is InChI=1S/C10H19N.C8H6O2/c1-4-7-8-9-10-11(5-2)6-3;1-5(9)10-8-3-2-6-4-7(6)8/h4-7,10H2,1-3H3;2-4H,1H3. The Kier molecular flexibility index (Phi) is 7.56. The number of rotatable bonds is 5. The SMILES string of the molecule is CC(=O)Oc1ccc2cc1-2.CCCC#CCN(CC)CC. The maximum absolute atomic E-state index is 10.5.